The van der Waals surface area contributed by atoms with Crippen LogP contribution in [0.25, 0.3) is 10.1 Å². The molecule has 162 valence electrons. The van der Waals surface area contributed by atoms with Gasteiger partial charge < -0.3 is 10.1 Å². The molecule has 2 amide bonds. The van der Waals surface area contributed by atoms with Gasteiger partial charge in [-0.15, -0.1) is 11.3 Å². The molecule has 3 aromatic rings. The molecular weight excluding hydrogens is 455 g/mol. The van der Waals surface area contributed by atoms with E-state index in [-0.39, 0.29) is 10.6 Å². The molecule has 0 radical (unpaired) electrons. The number of amides is 2. The second-order valence-electron chi connectivity index (χ2n) is 6.27. The monoisotopic (exact) mass is 469 g/mol. The predicted molar refractivity (Wildman–Crippen MR) is 114 cm³/mol. The molecule has 0 unspecified atom stereocenters. The van der Waals surface area contributed by atoms with Crippen molar-refractivity contribution in [2.45, 2.75) is 13.1 Å². The first kappa shape index (κ1) is 22.6. The van der Waals surface area contributed by atoms with Gasteiger partial charge in [0.05, 0.1) is 17.8 Å². The summed E-state index contributed by atoms with van der Waals surface area (Å²) in [6.45, 7) is 1.61. The summed E-state index contributed by atoms with van der Waals surface area (Å²) >= 11 is 7.51. The van der Waals surface area contributed by atoms with E-state index in [0.29, 0.717) is 22.0 Å². The standard InChI is InChI=1S/C20H15ClF3N3O3S/c1-10(11-3-5-12(6-4-11)25-19(29)20(22,23)24)26-27-18(28)17-16(21)14-8-7-13(30-2)9-15(14)31-17/h3-9H,1-2H3,(H,25,29)(H,27,28)/b26-10-. The van der Waals surface area contributed by atoms with E-state index in [1.54, 1.807) is 30.4 Å². The fraction of sp³-hybridized carbons (Fsp3) is 0.150. The first-order valence-corrected chi connectivity index (χ1v) is 9.89. The molecule has 0 spiro atoms. The number of alkyl halides is 3. The van der Waals surface area contributed by atoms with Gasteiger partial charge in [-0.25, -0.2) is 5.43 Å². The van der Waals surface area contributed by atoms with Gasteiger partial charge in [0, 0.05) is 15.8 Å². The van der Waals surface area contributed by atoms with Crippen LogP contribution in [0.3, 0.4) is 0 Å². The van der Waals surface area contributed by atoms with E-state index in [1.165, 1.54) is 42.7 Å². The number of anilines is 1. The lowest BCUT2D eigenvalue weighted by Crippen LogP contribution is -2.29. The van der Waals surface area contributed by atoms with Gasteiger partial charge in [-0.05, 0) is 42.8 Å². The van der Waals surface area contributed by atoms with Crippen LogP contribution in [0.5, 0.6) is 5.75 Å². The second-order valence-corrected chi connectivity index (χ2v) is 7.70. The Balaban J connectivity index is 1.71. The molecular formula is C20H15ClF3N3O3S. The third kappa shape index (κ3) is 5.15. The van der Waals surface area contributed by atoms with E-state index in [4.69, 9.17) is 16.3 Å². The minimum Gasteiger partial charge on any atom is -0.497 e. The summed E-state index contributed by atoms with van der Waals surface area (Å²) in [5, 5.41) is 6.79. The summed E-state index contributed by atoms with van der Waals surface area (Å²) in [6.07, 6.45) is -4.97. The zero-order valence-electron chi connectivity index (χ0n) is 16.1. The van der Waals surface area contributed by atoms with Crippen molar-refractivity contribution in [2.75, 3.05) is 12.4 Å². The van der Waals surface area contributed by atoms with E-state index in [0.717, 1.165) is 10.1 Å². The molecule has 0 saturated carbocycles. The van der Waals surface area contributed by atoms with Crippen molar-refractivity contribution in [3.8, 4) is 5.75 Å². The number of methoxy groups -OCH3 is 1. The van der Waals surface area contributed by atoms with E-state index < -0.39 is 18.0 Å². The topological polar surface area (TPSA) is 79.8 Å². The molecule has 0 bridgehead atoms. The van der Waals surface area contributed by atoms with Crippen molar-refractivity contribution in [3.63, 3.8) is 0 Å². The normalized spacial score (nSPS) is 12.0. The SMILES string of the molecule is COc1ccc2c(Cl)c(C(=O)N/N=C(/C)c3ccc(NC(=O)C(F)(F)F)cc3)sc2c1. The van der Waals surface area contributed by atoms with Gasteiger partial charge in [0.25, 0.3) is 5.91 Å². The van der Waals surface area contributed by atoms with Crippen molar-refractivity contribution >= 4 is 56.2 Å². The van der Waals surface area contributed by atoms with Crippen LogP contribution in [0, 0.1) is 0 Å². The number of hydrogen-bond donors (Lipinski definition) is 2. The van der Waals surface area contributed by atoms with Crippen LogP contribution in [-0.4, -0.2) is 30.8 Å². The molecule has 6 nitrogen and oxygen atoms in total. The summed E-state index contributed by atoms with van der Waals surface area (Å²) in [6, 6.07) is 10.8. The maximum atomic E-state index is 12.5. The van der Waals surface area contributed by atoms with Gasteiger partial charge in [-0.1, -0.05) is 23.7 Å². The number of carbonyl (C=O) groups is 2. The van der Waals surface area contributed by atoms with Crippen LogP contribution in [0.1, 0.15) is 22.2 Å². The summed E-state index contributed by atoms with van der Waals surface area (Å²) in [7, 11) is 1.54. The van der Waals surface area contributed by atoms with Gasteiger partial charge in [0.15, 0.2) is 0 Å². The zero-order chi connectivity index (χ0) is 22.8. The Bertz CT molecular complexity index is 1170. The number of rotatable bonds is 5. The number of nitrogens with zero attached hydrogens (tertiary/aromatic N) is 1. The summed E-state index contributed by atoms with van der Waals surface area (Å²) < 4.78 is 42.9. The average Bonchev–Trinajstić information content (AvgIpc) is 3.07. The number of ether oxygens (including phenoxy) is 1. The number of fused-ring (bicyclic) bond motifs is 1. The lowest BCUT2D eigenvalue weighted by Gasteiger charge is -2.08. The molecule has 11 heteroatoms. The minimum absolute atomic E-state index is 0.0182. The number of carbonyl (C=O) groups excluding carboxylic acids is 2. The number of thiophene rings is 1. The van der Waals surface area contributed by atoms with Crippen molar-refractivity contribution in [3.05, 3.63) is 57.9 Å². The number of nitrogens with one attached hydrogen (secondary N) is 2. The van der Waals surface area contributed by atoms with E-state index in [1.807, 2.05) is 0 Å². The molecule has 0 saturated heterocycles. The van der Waals surface area contributed by atoms with Crippen LogP contribution in [0.4, 0.5) is 18.9 Å². The van der Waals surface area contributed by atoms with Crippen molar-refractivity contribution in [1.82, 2.24) is 5.43 Å². The van der Waals surface area contributed by atoms with Gasteiger partial charge in [0.2, 0.25) is 0 Å². The Morgan fingerprint density at radius 1 is 1.13 bits per heavy atom. The molecule has 31 heavy (non-hydrogen) atoms. The van der Waals surface area contributed by atoms with E-state index >= 15 is 0 Å². The molecule has 0 fully saturated rings. The van der Waals surface area contributed by atoms with Crippen LogP contribution in [0.2, 0.25) is 5.02 Å². The quantitative estimate of drug-likeness (QED) is 0.397. The lowest BCUT2D eigenvalue weighted by atomic mass is 10.1. The molecule has 0 aliphatic rings. The number of benzene rings is 2. The highest BCUT2D eigenvalue weighted by atomic mass is 35.5. The van der Waals surface area contributed by atoms with Gasteiger partial charge in [-0.2, -0.15) is 18.3 Å². The molecule has 0 aliphatic heterocycles. The van der Waals surface area contributed by atoms with Gasteiger partial charge in [0.1, 0.15) is 10.6 Å². The Labute approximate surface area is 183 Å². The first-order valence-electron chi connectivity index (χ1n) is 8.69. The summed E-state index contributed by atoms with van der Waals surface area (Å²) in [4.78, 5) is 23.8. The van der Waals surface area contributed by atoms with Crippen LogP contribution >= 0.6 is 22.9 Å². The second kappa shape index (κ2) is 8.94. The number of hydrazone groups is 1. The largest absolute Gasteiger partial charge is 0.497 e. The maximum Gasteiger partial charge on any atom is 0.471 e. The summed E-state index contributed by atoms with van der Waals surface area (Å²) in [5.74, 6) is -1.92. The molecule has 0 atom stereocenters. The Kier molecular flexibility index (Phi) is 6.51. The van der Waals surface area contributed by atoms with Crippen LogP contribution in [0.15, 0.2) is 47.6 Å². The fourth-order valence-electron chi connectivity index (χ4n) is 2.57. The van der Waals surface area contributed by atoms with Gasteiger partial charge in [-0.3, -0.25) is 9.59 Å². The molecule has 2 aromatic carbocycles. The Morgan fingerprint density at radius 2 is 1.81 bits per heavy atom. The third-order valence-corrected chi connectivity index (χ3v) is 5.84. The average molecular weight is 470 g/mol. The Morgan fingerprint density at radius 3 is 2.42 bits per heavy atom. The molecule has 0 aliphatic carbocycles. The van der Waals surface area contributed by atoms with E-state index in [2.05, 4.69) is 10.5 Å². The summed E-state index contributed by atoms with van der Waals surface area (Å²) in [5.41, 5.74) is 3.34. The number of hydrogen-bond acceptors (Lipinski definition) is 5. The number of halogens is 4. The highest BCUT2D eigenvalue weighted by Crippen LogP contribution is 2.37. The lowest BCUT2D eigenvalue weighted by molar-refractivity contribution is -0.167. The smallest absolute Gasteiger partial charge is 0.471 e. The maximum absolute atomic E-state index is 12.5. The molecule has 1 heterocycles. The minimum atomic E-state index is -4.97. The predicted octanol–water partition coefficient (Wildman–Crippen LogP) is 5.22. The molecule has 1 aromatic heterocycles. The highest BCUT2D eigenvalue weighted by molar-refractivity contribution is 7.21. The van der Waals surface area contributed by atoms with Crippen molar-refractivity contribution in [2.24, 2.45) is 5.10 Å². The van der Waals surface area contributed by atoms with E-state index in [9.17, 15) is 22.8 Å². The fourth-order valence-corrected chi connectivity index (χ4v) is 4.00. The third-order valence-electron chi connectivity index (χ3n) is 4.19. The molecule has 3 rings (SSSR count). The van der Waals surface area contributed by atoms with Gasteiger partial charge >= 0.3 is 12.1 Å². The molecule has 2 N–H and O–H groups in total. The van der Waals surface area contributed by atoms with Crippen LogP contribution in [-0.2, 0) is 4.79 Å². The first-order chi connectivity index (χ1) is 14.6. The zero-order valence-corrected chi connectivity index (χ0v) is 17.7. The van der Waals surface area contributed by atoms with Crippen molar-refractivity contribution < 1.29 is 27.5 Å². The Hall–Kier alpha value is -3.11. The van der Waals surface area contributed by atoms with Crippen LogP contribution < -0.4 is 15.5 Å². The van der Waals surface area contributed by atoms with Crippen molar-refractivity contribution in [1.29, 1.82) is 0 Å². The highest BCUT2D eigenvalue weighted by Gasteiger charge is 2.38.